The molecule has 5 heteroatoms. The molecule has 0 fully saturated rings. The molecule has 1 N–H and O–H groups in total. The second kappa shape index (κ2) is 4.85. The highest BCUT2D eigenvalue weighted by atomic mass is 35.5. The van der Waals surface area contributed by atoms with Crippen LogP contribution in [0.25, 0.3) is 5.69 Å². The van der Waals surface area contributed by atoms with Crippen molar-refractivity contribution in [2.24, 2.45) is 0 Å². The van der Waals surface area contributed by atoms with Gasteiger partial charge in [0.05, 0.1) is 0 Å². The van der Waals surface area contributed by atoms with Gasteiger partial charge in [0.15, 0.2) is 0 Å². The van der Waals surface area contributed by atoms with Crippen molar-refractivity contribution in [2.45, 2.75) is 32.1 Å². The van der Waals surface area contributed by atoms with E-state index in [9.17, 15) is 9.18 Å². The minimum atomic E-state index is -0.494. The number of aryl methyl sites for hydroxylation is 1. The predicted molar refractivity (Wildman–Crippen MR) is 72.6 cm³/mol. The van der Waals surface area contributed by atoms with Crippen molar-refractivity contribution in [3.63, 3.8) is 0 Å². The zero-order chi connectivity index (χ0) is 13.4. The Morgan fingerprint density at radius 2 is 2.00 bits per heavy atom. The van der Waals surface area contributed by atoms with Crippen molar-refractivity contribution < 1.29 is 4.39 Å². The first-order valence-corrected chi connectivity index (χ1v) is 6.83. The van der Waals surface area contributed by atoms with E-state index >= 15 is 0 Å². The largest absolute Gasteiger partial charge is 0.295 e. The molecule has 0 radical (unpaired) electrons. The monoisotopic (exact) mass is 280 g/mol. The summed E-state index contributed by atoms with van der Waals surface area (Å²) < 4.78 is 15.2. The Morgan fingerprint density at radius 3 is 2.79 bits per heavy atom. The number of hydrogen-bond donors (Lipinski definition) is 1. The fourth-order valence-corrected chi connectivity index (χ4v) is 2.75. The first kappa shape index (κ1) is 12.5. The molecule has 19 heavy (non-hydrogen) atoms. The number of hydrogen-bond acceptors (Lipinski definition) is 1. The van der Waals surface area contributed by atoms with Gasteiger partial charge in [-0.15, -0.1) is 0 Å². The fraction of sp³-hybridized carbons (Fsp3) is 0.357. The molecule has 2 aromatic rings. The summed E-state index contributed by atoms with van der Waals surface area (Å²) in [5, 5.41) is 3.36. The number of H-pyrrole nitrogens is 1. The van der Waals surface area contributed by atoms with E-state index in [2.05, 4.69) is 5.10 Å². The van der Waals surface area contributed by atoms with Gasteiger partial charge in [0, 0.05) is 16.3 Å². The Labute approximate surface area is 115 Å². The zero-order valence-corrected chi connectivity index (χ0v) is 11.1. The molecular formula is C14H14ClFN2O. The van der Waals surface area contributed by atoms with Crippen LogP contribution in [0.3, 0.4) is 0 Å². The van der Waals surface area contributed by atoms with Crippen molar-refractivity contribution in [2.75, 3.05) is 0 Å². The van der Waals surface area contributed by atoms with E-state index in [1.165, 1.54) is 16.8 Å². The van der Waals surface area contributed by atoms with Crippen LogP contribution in [-0.2, 0) is 12.8 Å². The molecule has 0 unspecified atom stereocenters. The summed E-state index contributed by atoms with van der Waals surface area (Å²) in [6.07, 6.45) is 4.84. The van der Waals surface area contributed by atoms with Gasteiger partial charge in [0.1, 0.15) is 11.5 Å². The van der Waals surface area contributed by atoms with Crippen LogP contribution in [0.15, 0.2) is 23.0 Å². The van der Waals surface area contributed by atoms with Crippen molar-refractivity contribution in [1.29, 1.82) is 0 Å². The lowest BCUT2D eigenvalue weighted by molar-refractivity contribution is 0.605. The van der Waals surface area contributed by atoms with Crippen LogP contribution >= 0.6 is 11.6 Å². The van der Waals surface area contributed by atoms with Gasteiger partial charge in [-0.2, -0.15) is 0 Å². The van der Waals surface area contributed by atoms with E-state index in [4.69, 9.17) is 11.6 Å². The quantitative estimate of drug-likeness (QED) is 0.800. The molecule has 3 rings (SSSR count). The van der Waals surface area contributed by atoms with E-state index < -0.39 is 5.82 Å². The normalized spacial score (nSPS) is 15.1. The Balaban J connectivity index is 2.13. The minimum absolute atomic E-state index is 0.141. The Morgan fingerprint density at radius 1 is 1.21 bits per heavy atom. The van der Waals surface area contributed by atoms with Crippen LogP contribution in [0.1, 0.15) is 30.5 Å². The van der Waals surface area contributed by atoms with Gasteiger partial charge in [0.2, 0.25) is 0 Å². The second-order valence-electron chi connectivity index (χ2n) is 4.87. The Kier molecular flexibility index (Phi) is 3.19. The summed E-state index contributed by atoms with van der Waals surface area (Å²) in [6, 6.07) is 4.32. The lowest BCUT2D eigenvalue weighted by Crippen LogP contribution is -2.18. The van der Waals surface area contributed by atoms with Gasteiger partial charge >= 0.3 is 0 Å². The molecule has 3 nitrogen and oxygen atoms in total. The third kappa shape index (κ3) is 2.21. The molecule has 0 atom stereocenters. The highest BCUT2D eigenvalue weighted by molar-refractivity contribution is 6.30. The van der Waals surface area contributed by atoms with Crippen LogP contribution in [0, 0.1) is 5.82 Å². The summed E-state index contributed by atoms with van der Waals surface area (Å²) >= 11 is 5.73. The van der Waals surface area contributed by atoms with Crippen LogP contribution < -0.4 is 5.56 Å². The second-order valence-corrected chi connectivity index (χ2v) is 5.30. The molecule has 1 heterocycles. The number of benzene rings is 1. The first-order chi connectivity index (χ1) is 9.16. The molecular weight excluding hydrogens is 267 g/mol. The lowest BCUT2D eigenvalue weighted by atomic mass is 10.1. The standard InChI is InChI=1S/C14H14ClFN2O/c15-9-6-7-13(11(16)8-9)18-14(19)10-4-2-1-3-5-12(10)17-18/h6-8,17H,1-5H2. The number of aromatic amines is 1. The van der Waals surface area contributed by atoms with E-state index in [1.54, 1.807) is 6.07 Å². The summed E-state index contributed by atoms with van der Waals surface area (Å²) in [4.78, 5) is 12.3. The molecule has 1 aromatic heterocycles. The van der Waals surface area contributed by atoms with Crippen LogP contribution in [0.4, 0.5) is 4.39 Å². The fourth-order valence-electron chi connectivity index (χ4n) is 2.59. The topological polar surface area (TPSA) is 37.8 Å². The number of rotatable bonds is 1. The van der Waals surface area contributed by atoms with Crippen LogP contribution in [0.2, 0.25) is 5.02 Å². The Bertz CT molecular complexity index is 675. The average molecular weight is 281 g/mol. The summed E-state index contributed by atoms with van der Waals surface area (Å²) in [5.74, 6) is -0.494. The third-order valence-electron chi connectivity index (χ3n) is 3.58. The van der Waals surface area contributed by atoms with E-state index in [-0.39, 0.29) is 11.2 Å². The molecule has 0 spiro atoms. The Hall–Kier alpha value is -1.55. The maximum atomic E-state index is 13.9. The lowest BCUT2D eigenvalue weighted by Gasteiger charge is -2.04. The van der Waals surface area contributed by atoms with Crippen LogP contribution in [0.5, 0.6) is 0 Å². The number of fused-ring (bicyclic) bond motifs is 1. The van der Waals surface area contributed by atoms with E-state index in [0.717, 1.165) is 43.4 Å². The minimum Gasteiger partial charge on any atom is -0.295 e. The molecule has 1 aliphatic rings. The summed E-state index contributed by atoms with van der Waals surface area (Å²) in [6.45, 7) is 0. The summed E-state index contributed by atoms with van der Waals surface area (Å²) in [7, 11) is 0. The molecule has 0 aliphatic heterocycles. The maximum Gasteiger partial charge on any atom is 0.274 e. The third-order valence-corrected chi connectivity index (χ3v) is 3.81. The molecule has 0 saturated heterocycles. The molecule has 0 bridgehead atoms. The zero-order valence-electron chi connectivity index (χ0n) is 10.4. The number of nitrogens with one attached hydrogen (secondary N) is 1. The highest BCUT2D eigenvalue weighted by Crippen LogP contribution is 2.20. The molecule has 0 amide bonds. The number of aromatic nitrogens is 2. The molecule has 100 valence electrons. The van der Waals surface area contributed by atoms with E-state index in [1.807, 2.05) is 0 Å². The van der Waals surface area contributed by atoms with Gasteiger partial charge in [0.25, 0.3) is 5.56 Å². The van der Waals surface area contributed by atoms with Crippen LogP contribution in [-0.4, -0.2) is 9.78 Å². The molecule has 1 aliphatic carbocycles. The number of nitrogens with zero attached hydrogens (tertiary/aromatic N) is 1. The highest BCUT2D eigenvalue weighted by Gasteiger charge is 2.18. The summed E-state index contributed by atoms with van der Waals surface area (Å²) in [5.41, 5.74) is 1.82. The van der Waals surface area contributed by atoms with Crippen molar-refractivity contribution >= 4 is 11.6 Å². The predicted octanol–water partition coefficient (Wildman–Crippen LogP) is 3.23. The average Bonchev–Trinajstić information content (AvgIpc) is 2.57. The first-order valence-electron chi connectivity index (χ1n) is 6.45. The van der Waals surface area contributed by atoms with Gasteiger partial charge < -0.3 is 0 Å². The maximum absolute atomic E-state index is 13.9. The van der Waals surface area contributed by atoms with Crippen molar-refractivity contribution in [3.05, 3.63) is 50.7 Å². The number of halogens is 2. The molecule has 1 aromatic carbocycles. The van der Waals surface area contributed by atoms with Gasteiger partial charge in [-0.25, -0.2) is 9.07 Å². The molecule has 0 saturated carbocycles. The van der Waals surface area contributed by atoms with E-state index in [0.29, 0.717) is 5.02 Å². The smallest absolute Gasteiger partial charge is 0.274 e. The van der Waals surface area contributed by atoms with Gasteiger partial charge in [-0.05, 0) is 43.9 Å². The van der Waals surface area contributed by atoms with Gasteiger partial charge in [-0.3, -0.25) is 9.89 Å². The van der Waals surface area contributed by atoms with Crippen molar-refractivity contribution in [1.82, 2.24) is 9.78 Å². The van der Waals surface area contributed by atoms with Gasteiger partial charge in [-0.1, -0.05) is 18.0 Å². The SMILES string of the molecule is O=c1c2c([nH]n1-c1ccc(Cl)cc1F)CCCCC2. The van der Waals surface area contributed by atoms with Crippen molar-refractivity contribution in [3.8, 4) is 5.69 Å².